The van der Waals surface area contributed by atoms with Gasteiger partial charge in [-0.15, -0.1) is 0 Å². The van der Waals surface area contributed by atoms with Gasteiger partial charge in [0.15, 0.2) is 0 Å². The highest BCUT2D eigenvalue weighted by Crippen LogP contribution is 2.18. The second kappa shape index (κ2) is 9.71. The van der Waals surface area contributed by atoms with Gasteiger partial charge in [0.1, 0.15) is 5.75 Å². The number of aliphatic hydroxyl groups is 1. The molecule has 0 aliphatic heterocycles. The quantitative estimate of drug-likeness (QED) is 0.758. The minimum absolute atomic E-state index is 0.0980. The highest BCUT2D eigenvalue weighted by molar-refractivity contribution is 5.27. The molecule has 0 spiro atoms. The molecule has 128 valence electrons. The highest BCUT2D eigenvalue weighted by Gasteiger charge is 2.19. The lowest BCUT2D eigenvalue weighted by molar-refractivity contribution is 0.160. The van der Waals surface area contributed by atoms with Gasteiger partial charge in [-0.3, -0.25) is 0 Å². The SMILES string of the molecule is CC#N.CC(C)(Cc1ccccc1)NCC(O)c1ccc(O)cc1. The van der Waals surface area contributed by atoms with Crippen LogP contribution in [0.3, 0.4) is 0 Å². The Morgan fingerprint density at radius 3 is 2.17 bits per heavy atom. The topological polar surface area (TPSA) is 76.3 Å². The Labute approximate surface area is 144 Å². The van der Waals surface area contributed by atoms with Crippen molar-refractivity contribution < 1.29 is 10.2 Å². The van der Waals surface area contributed by atoms with Crippen molar-refractivity contribution >= 4 is 0 Å². The zero-order valence-electron chi connectivity index (χ0n) is 14.5. The average Bonchev–Trinajstić information content (AvgIpc) is 2.55. The number of nitrogens with zero attached hydrogens (tertiary/aromatic N) is 1. The van der Waals surface area contributed by atoms with E-state index in [1.54, 1.807) is 30.3 Å². The number of nitrogens with one attached hydrogen (secondary N) is 1. The highest BCUT2D eigenvalue weighted by atomic mass is 16.3. The summed E-state index contributed by atoms with van der Waals surface area (Å²) in [6.45, 7) is 6.16. The van der Waals surface area contributed by atoms with E-state index in [2.05, 4.69) is 31.3 Å². The predicted molar refractivity (Wildman–Crippen MR) is 96.6 cm³/mol. The molecule has 24 heavy (non-hydrogen) atoms. The van der Waals surface area contributed by atoms with Gasteiger partial charge < -0.3 is 15.5 Å². The van der Waals surface area contributed by atoms with Gasteiger partial charge in [-0.05, 0) is 43.5 Å². The molecule has 4 nitrogen and oxygen atoms in total. The van der Waals surface area contributed by atoms with Crippen LogP contribution in [0.2, 0.25) is 0 Å². The zero-order chi connectivity index (χ0) is 18.0. The summed E-state index contributed by atoms with van der Waals surface area (Å²) >= 11 is 0. The third-order valence-electron chi connectivity index (χ3n) is 3.54. The summed E-state index contributed by atoms with van der Waals surface area (Å²) in [6.07, 6.45) is 0.316. The van der Waals surface area contributed by atoms with E-state index in [-0.39, 0.29) is 11.3 Å². The molecule has 0 radical (unpaired) electrons. The molecule has 1 atom stereocenters. The fourth-order valence-electron chi connectivity index (χ4n) is 2.36. The van der Waals surface area contributed by atoms with Crippen molar-refractivity contribution in [1.29, 1.82) is 5.26 Å². The number of aliphatic hydroxyl groups excluding tert-OH is 1. The molecule has 2 rings (SSSR count). The Kier molecular flexibility index (Phi) is 7.97. The molecule has 0 fully saturated rings. The average molecular weight is 326 g/mol. The number of phenolic OH excluding ortho intramolecular Hbond substituents is 1. The van der Waals surface area contributed by atoms with Crippen LogP contribution in [0.4, 0.5) is 0 Å². The Balaban J connectivity index is 0.000000891. The van der Waals surface area contributed by atoms with Crippen LogP contribution in [0.1, 0.15) is 38.0 Å². The van der Waals surface area contributed by atoms with E-state index in [0.29, 0.717) is 6.54 Å². The standard InChI is InChI=1S/C18H23NO2.C2H3N/c1-18(2,12-14-6-4-3-5-7-14)19-13-17(21)15-8-10-16(20)11-9-15;1-2-3/h3-11,17,19-21H,12-13H2,1-2H3;1H3. The Morgan fingerprint density at radius 1 is 1.08 bits per heavy atom. The summed E-state index contributed by atoms with van der Waals surface area (Å²) in [6, 6.07) is 18.7. The zero-order valence-corrected chi connectivity index (χ0v) is 14.5. The van der Waals surface area contributed by atoms with E-state index >= 15 is 0 Å². The van der Waals surface area contributed by atoms with Crippen molar-refractivity contribution in [1.82, 2.24) is 5.32 Å². The van der Waals surface area contributed by atoms with Gasteiger partial charge in [0.25, 0.3) is 0 Å². The molecule has 0 bridgehead atoms. The maximum absolute atomic E-state index is 10.2. The first-order chi connectivity index (χ1) is 11.4. The van der Waals surface area contributed by atoms with E-state index in [9.17, 15) is 10.2 Å². The number of rotatable bonds is 6. The van der Waals surface area contributed by atoms with Crippen molar-refractivity contribution in [3.05, 3.63) is 65.7 Å². The molecule has 0 saturated carbocycles. The smallest absolute Gasteiger partial charge is 0.115 e. The molecule has 0 aliphatic rings. The van der Waals surface area contributed by atoms with E-state index < -0.39 is 6.10 Å². The molecule has 2 aromatic carbocycles. The molecule has 2 aromatic rings. The fraction of sp³-hybridized carbons (Fsp3) is 0.350. The third kappa shape index (κ3) is 7.28. The number of β-amino-alcohol motifs (C(OH)–C–C–N with tert-alkyl or cyclic N) is 1. The fourth-order valence-corrected chi connectivity index (χ4v) is 2.36. The molecule has 3 N–H and O–H groups in total. The minimum atomic E-state index is -0.583. The van der Waals surface area contributed by atoms with Crippen LogP contribution in [0.15, 0.2) is 54.6 Å². The van der Waals surface area contributed by atoms with Gasteiger partial charge in [-0.2, -0.15) is 5.26 Å². The van der Waals surface area contributed by atoms with Gasteiger partial charge in [0.05, 0.1) is 12.2 Å². The summed E-state index contributed by atoms with van der Waals surface area (Å²) in [4.78, 5) is 0. The lowest BCUT2D eigenvalue weighted by Gasteiger charge is -2.28. The largest absolute Gasteiger partial charge is 0.508 e. The molecule has 0 saturated heterocycles. The van der Waals surface area contributed by atoms with E-state index in [1.165, 1.54) is 12.5 Å². The van der Waals surface area contributed by atoms with Crippen LogP contribution in [0, 0.1) is 11.3 Å². The maximum Gasteiger partial charge on any atom is 0.115 e. The second-order valence-corrected chi connectivity index (χ2v) is 6.26. The molecular formula is C20H26N2O2. The minimum Gasteiger partial charge on any atom is -0.508 e. The van der Waals surface area contributed by atoms with Gasteiger partial charge in [-0.25, -0.2) is 0 Å². The van der Waals surface area contributed by atoms with Crippen molar-refractivity contribution in [2.75, 3.05) is 6.54 Å². The summed E-state index contributed by atoms with van der Waals surface area (Å²) < 4.78 is 0. The first-order valence-electron chi connectivity index (χ1n) is 7.95. The normalized spacial score (nSPS) is 11.8. The summed E-state index contributed by atoms with van der Waals surface area (Å²) in [5, 5.41) is 30.2. The molecule has 0 aromatic heterocycles. The van der Waals surface area contributed by atoms with Crippen molar-refractivity contribution in [2.24, 2.45) is 0 Å². The van der Waals surface area contributed by atoms with Crippen molar-refractivity contribution in [3.63, 3.8) is 0 Å². The van der Waals surface area contributed by atoms with E-state index in [1.807, 2.05) is 18.2 Å². The molecule has 0 amide bonds. The second-order valence-electron chi connectivity index (χ2n) is 6.26. The monoisotopic (exact) mass is 326 g/mol. The molecular weight excluding hydrogens is 300 g/mol. The maximum atomic E-state index is 10.2. The number of benzene rings is 2. The Morgan fingerprint density at radius 2 is 1.62 bits per heavy atom. The number of phenols is 1. The van der Waals surface area contributed by atoms with Crippen molar-refractivity contribution in [2.45, 2.75) is 38.8 Å². The molecule has 0 aliphatic carbocycles. The summed E-state index contributed by atoms with van der Waals surface area (Å²) in [5.41, 5.74) is 1.98. The van der Waals surface area contributed by atoms with Crippen LogP contribution in [-0.2, 0) is 6.42 Å². The van der Waals surface area contributed by atoms with Crippen LogP contribution in [0.25, 0.3) is 0 Å². The van der Waals surface area contributed by atoms with Gasteiger partial charge in [0.2, 0.25) is 0 Å². The van der Waals surface area contributed by atoms with E-state index in [0.717, 1.165) is 12.0 Å². The summed E-state index contributed by atoms with van der Waals surface area (Å²) in [5.74, 6) is 0.211. The van der Waals surface area contributed by atoms with Crippen LogP contribution < -0.4 is 5.32 Å². The number of nitriles is 1. The number of hydrogen-bond acceptors (Lipinski definition) is 4. The van der Waals surface area contributed by atoms with Gasteiger partial charge >= 0.3 is 0 Å². The van der Waals surface area contributed by atoms with Crippen molar-refractivity contribution in [3.8, 4) is 11.8 Å². The first-order valence-corrected chi connectivity index (χ1v) is 7.95. The van der Waals surface area contributed by atoms with Crippen LogP contribution in [-0.4, -0.2) is 22.3 Å². The van der Waals surface area contributed by atoms with Gasteiger partial charge in [-0.1, -0.05) is 42.5 Å². The summed E-state index contributed by atoms with van der Waals surface area (Å²) in [7, 11) is 0. The number of hydrogen-bond donors (Lipinski definition) is 3. The Bertz CT molecular complexity index is 631. The molecule has 1 unspecified atom stereocenters. The lowest BCUT2D eigenvalue weighted by atomic mass is 9.94. The molecule has 0 heterocycles. The first kappa shape index (κ1) is 19.7. The van der Waals surface area contributed by atoms with Crippen LogP contribution >= 0.6 is 0 Å². The lowest BCUT2D eigenvalue weighted by Crippen LogP contribution is -2.43. The predicted octanol–water partition coefficient (Wildman–Crippen LogP) is 3.57. The van der Waals surface area contributed by atoms with Crippen LogP contribution in [0.5, 0.6) is 5.75 Å². The Hall–Kier alpha value is -2.35. The molecule has 4 heteroatoms. The van der Waals surface area contributed by atoms with Gasteiger partial charge in [0, 0.05) is 19.0 Å². The third-order valence-corrected chi connectivity index (χ3v) is 3.54. The number of aromatic hydroxyl groups is 1. The van der Waals surface area contributed by atoms with E-state index in [4.69, 9.17) is 5.26 Å².